The van der Waals surface area contributed by atoms with E-state index in [9.17, 15) is 4.79 Å². The number of hydrogen-bond donors (Lipinski definition) is 1. The highest BCUT2D eigenvalue weighted by Crippen LogP contribution is 2.37. The maximum Gasteiger partial charge on any atom is 0.322 e. The molecule has 1 aromatic heterocycles. The molecule has 2 aromatic rings. The van der Waals surface area contributed by atoms with E-state index in [0.29, 0.717) is 12.1 Å². The maximum absolute atomic E-state index is 12.5. The molecule has 2 saturated heterocycles. The number of urea groups is 1. The summed E-state index contributed by atoms with van der Waals surface area (Å²) in [5, 5.41) is 3.07. The lowest BCUT2D eigenvalue weighted by Crippen LogP contribution is -2.38. The Hall–Kier alpha value is -2.30. The number of amides is 2. The molecule has 2 bridgehead atoms. The monoisotopic (exact) mass is 296 g/mol. The molecule has 5 nitrogen and oxygen atoms in total. The topological polar surface area (TPSA) is 50.2 Å². The van der Waals surface area contributed by atoms with Gasteiger partial charge in [0.25, 0.3) is 0 Å². The van der Waals surface area contributed by atoms with Crippen molar-refractivity contribution in [3.8, 4) is 0 Å². The summed E-state index contributed by atoms with van der Waals surface area (Å²) < 4.78 is 2.02. The van der Waals surface area contributed by atoms with Crippen molar-refractivity contribution in [2.24, 2.45) is 0 Å². The minimum atomic E-state index is 0.0600. The molecular weight excluding hydrogens is 276 g/mol. The molecule has 0 unspecified atom stereocenters. The lowest BCUT2D eigenvalue weighted by Gasteiger charge is -2.22. The SMILES string of the molecule is O=C(Nc1cccc(Cn2ccnc2)c1)N1C2CCC1CC2. The summed E-state index contributed by atoms with van der Waals surface area (Å²) >= 11 is 0. The van der Waals surface area contributed by atoms with Crippen LogP contribution in [0.2, 0.25) is 0 Å². The average Bonchev–Trinajstić information content (AvgIpc) is 3.24. The summed E-state index contributed by atoms with van der Waals surface area (Å²) in [7, 11) is 0. The highest BCUT2D eigenvalue weighted by molar-refractivity contribution is 5.90. The van der Waals surface area contributed by atoms with Gasteiger partial charge in [-0.25, -0.2) is 9.78 Å². The fraction of sp³-hybridized carbons (Fsp3) is 0.412. The van der Waals surface area contributed by atoms with Crippen molar-refractivity contribution >= 4 is 11.7 Å². The molecule has 2 fully saturated rings. The van der Waals surface area contributed by atoms with Gasteiger partial charge < -0.3 is 14.8 Å². The number of fused-ring (bicyclic) bond motifs is 2. The third kappa shape index (κ3) is 2.47. The Morgan fingerprint density at radius 2 is 2.00 bits per heavy atom. The first-order chi connectivity index (χ1) is 10.8. The van der Waals surface area contributed by atoms with Crippen LogP contribution < -0.4 is 5.32 Å². The molecule has 114 valence electrons. The average molecular weight is 296 g/mol. The van der Waals surface area contributed by atoms with E-state index in [1.807, 2.05) is 29.0 Å². The van der Waals surface area contributed by atoms with Crippen molar-refractivity contribution in [1.82, 2.24) is 14.5 Å². The van der Waals surface area contributed by atoms with Crippen molar-refractivity contribution in [2.45, 2.75) is 44.3 Å². The Labute approximate surface area is 130 Å². The van der Waals surface area contributed by atoms with E-state index in [1.54, 1.807) is 12.5 Å². The van der Waals surface area contributed by atoms with Gasteiger partial charge in [-0.2, -0.15) is 0 Å². The molecule has 0 spiro atoms. The van der Waals surface area contributed by atoms with Crippen LogP contribution in [0.15, 0.2) is 43.0 Å². The summed E-state index contributed by atoms with van der Waals surface area (Å²) in [6, 6.07) is 9.02. The highest BCUT2D eigenvalue weighted by Gasteiger charge is 2.42. The largest absolute Gasteiger partial charge is 0.333 e. The number of carbonyl (C=O) groups excluding carboxylic acids is 1. The summed E-state index contributed by atoms with van der Waals surface area (Å²) in [5.41, 5.74) is 2.02. The molecule has 1 aromatic carbocycles. The van der Waals surface area contributed by atoms with E-state index < -0.39 is 0 Å². The van der Waals surface area contributed by atoms with E-state index in [1.165, 1.54) is 25.7 Å². The number of anilines is 1. The lowest BCUT2D eigenvalue weighted by molar-refractivity contribution is 0.206. The van der Waals surface area contributed by atoms with Gasteiger partial charge in [0.15, 0.2) is 0 Å². The zero-order chi connectivity index (χ0) is 14.9. The van der Waals surface area contributed by atoms with Crippen molar-refractivity contribution in [3.05, 3.63) is 48.5 Å². The summed E-state index contributed by atoms with van der Waals surface area (Å²) in [5.74, 6) is 0. The second kappa shape index (κ2) is 5.48. The van der Waals surface area contributed by atoms with Crippen molar-refractivity contribution < 1.29 is 4.79 Å². The Morgan fingerprint density at radius 1 is 1.23 bits per heavy atom. The maximum atomic E-state index is 12.5. The molecular formula is C17H20N4O. The van der Waals surface area contributed by atoms with Crippen molar-refractivity contribution in [2.75, 3.05) is 5.32 Å². The number of benzene rings is 1. The molecule has 0 aliphatic carbocycles. The van der Waals surface area contributed by atoms with E-state index >= 15 is 0 Å². The first-order valence-corrected chi connectivity index (χ1v) is 7.93. The summed E-state index contributed by atoms with van der Waals surface area (Å²) in [4.78, 5) is 18.6. The predicted octanol–water partition coefficient (Wildman–Crippen LogP) is 3.09. The Bertz CT molecular complexity index is 647. The summed E-state index contributed by atoms with van der Waals surface area (Å²) in [6.07, 6.45) is 10.2. The second-order valence-electron chi connectivity index (χ2n) is 6.24. The number of aromatic nitrogens is 2. The van der Waals surface area contributed by atoms with Crippen LogP contribution in [0.1, 0.15) is 31.2 Å². The zero-order valence-electron chi connectivity index (χ0n) is 12.5. The lowest BCUT2D eigenvalue weighted by atomic mass is 10.0. The molecule has 4 rings (SSSR count). The van der Waals surface area contributed by atoms with Gasteiger partial charge in [0.05, 0.1) is 6.33 Å². The van der Waals surface area contributed by atoms with Crippen LogP contribution in [-0.2, 0) is 6.54 Å². The van der Waals surface area contributed by atoms with Crippen LogP contribution in [0, 0.1) is 0 Å². The van der Waals surface area contributed by atoms with Gasteiger partial charge in [-0.05, 0) is 43.4 Å². The molecule has 22 heavy (non-hydrogen) atoms. The Morgan fingerprint density at radius 3 is 2.68 bits per heavy atom. The fourth-order valence-electron chi connectivity index (χ4n) is 3.77. The van der Waals surface area contributed by atoms with Gasteiger partial charge in [0.1, 0.15) is 0 Å². The van der Waals surface area contributed by atoms with Gasteiger partial charge in [0, 0.05) is 36.7 Å². The normalized spacial score (nSPS) is 23.0. The highest BCUT2D eigenvalue weighted by atomic mass is 16.2. The van der Waals surface area contributed by atoms with Gasteiger partial charge in [-0.1, -0.05) is 12.1 Å². The number of nitrogens with one attached hydrogen (secondary N) is 1. The van der Waals surface area contributed by atoms with Crippen molar-refractivity contribution in [3.63, 3.8) is 0 Å². The minimum Gasteiger partial charge on any atom is -0.333 e. The fourth-order valence-corrected chi connectivity index (χ4v) is 3.77. The van der Waals surface area contributed by atoms with Crippen LogP contribution >= 0.6 is 0 Å². The minimum absolute atomic E-state index is 0.0600. The first kappa shape index (κ1) is 13.4. The summed E-state index contributed by atoms with van der Waals surface area (Å²) in [6.45, 7) is 0.763. The molecule has 0 radical (unpaired) electrons. The molecule has 0 saturated carbocycles. The van der Waals surface area contributed by atoms with Gasteiger partial charge in [-0.15, -0.1) is 0 Å². The number of nitrogens with zero attached hydrogens (tertiary/aromatic N) is 3. The molecule has 2 aliphatic rings. The van der Waals surface area contributed by atoms with Gasteiger partial charge in [-0.3, -0.25) is 0 Å². The molecule has 5 heteroatoms. The number of imidazole rings is 1. The van der Waals surface area contributed by atoms with Crippen LogP contribution in [0.3, 0.4) is 0 Å². The first-order valence-electron chi connectivity index (χ1n) is 7.93. The molecule has 1 N–H and O–H groups in total. The number of carbonyl (C=O) groups is 1. The van der Waals surface area contributed by atoms with Crippen LogP contribution in [0.5, 0.6) is 0 Å². The smallest absolute Gasteiger partial charge is 0.322 e. The van der Waals surface area contributed by atoms with Crippen LogP contribution in [0.25, 0.3) is 0 Å². The van der Waals surface area contributed by atoms with Crippen LogP contribution in [-0.4, -0.2) is 32.6 Å². The van der Waals surface area contributed by atoms with E-state index in [4.69, 9.17) is 0 Å². The third-order valence-electron chi connectivity index (χ3n) is 4.79. The van der Waals surface area contributed by atoms with Gasteiger partial charge >= 0.3 is 6.03 Å². The van der Waals surface area contributed by atoms with E-state index in [0.717, 1.165) is 17.8 Å². The quantitative estimate of drug-likeness (QED) is 0.946. The number of hydrogen-bond acceptors (Lipinski definition) is 2. The van der Waals surface area contributed by atoms with E-state index in [2.05, 4.69) is 21.3 Å². The zero-order valence-corrected chi connectivity index (χ0v) is 12.5. The van der Waals surface area contributed by atoms with Crippen molar-refractivity contribution in [1.29, 1.82) is 0 Å². The van der Waals surface area contributed by atoms with Gasteiger partial charge in [0.2, 0.25) is 0 Å². The van der Waals surface area contributed by atoms with E-state index in [-0.39, 0.29) is 6.03 Å². The number of rotatable bonds is 3. The predicted molar refractivity (Wildman–Crippen MR) is 84.7 cm³/mol. The standard InChI is InChI=1S/C17H20N4O/c22-17(21-15-4-5-16(21)7-6-15)19-14-3-1-2-13(10-14)11-20-9-8-18-12-20/h1-3,8-10,12,15-16H,4-7,11H2,(H,19,22). The van der Waals surface area contributed by atoms with Crippen LogP contribution in [0.4, 0.5) is 10.5 Å². The molecule has 0 atom stereocenters. The molecule has 3 heterocycles. The molecule has 2 amide bonds. The molecule has 2 aliphatic heterocycles. The third-order valence-corrected chi connectivity index (χ3v) is 4.79. The Kier molecular flexibility index (Phi) is 3.33. The second-order valence-corrected chi connectivity index (χ2v) is 6.24. The Balaban J connectivity index is 1.45.